The quantitative estimate of drug-likeness (QED) is 0.353. The van der Waals surface area contributed by atoms with E-state index in [2.05, 4.69) is 4.72 Å². The van der Waals surface area contributed by atoms with Crippen LogP contribution in [0.1, 0.15) is 6.92 Å². The second kappa shape index (κ2) is 5.30. The third kappa shape index (κ3) is 10.5. The Hall–Kier alpha value is 1.51. The molecule has 0 aromatic heterocycles. The molecule has 0 unspecified atom stereocenters. The van der Waals surface area contributed by atoms with Crippen LogP contribution in [0.2, 0.25) is 0 Å². The van der Waals surface area contributed by atoms with Gasteiger partial charge in [0.2, 0.25) is 0 Å². The predicted octanol–water partition coefficient (Wildman–Crippen LogP) is -2.81. The molecule has 0 radical (unpaired) electrons. The summed E-state index contributed by atoms with van der Waals surface area (Å²) in [5.41, 5.74) is 0. The van der Waals surface area contributed by atoms with Crippen LogP contribution in [0, 0.1) is 0 Å². The fraction of sp³-hybridized carbons (Fsp3) is 1.00. The van der Waals surface area contributed by atoms with Gasteiger partial charge in [0.25, 0.3) is 0 Å². The largest absolute Gasteiger partial charge is 1.00 e. The van der Waals surface area contributed by atoms with Crippen molar-refractivity contribution in [2.75, 3.05) is 6.54 Å². The third-order valence-corrected chi connectivity index (χ3v) is 0.877. The van der Waals surface area contributed by atoms with Crippen LogP contribution in [0.15, 0.2) is 0 Å². The van der Waals surface area contributed by atoms with Crippen molar-refractivity contribution >= 4 is 10.3 Å². The first-order valence-electron chi connectivity index (χ1n) is 1.72. The molecule has 1 N–H and O–H groups in total. The molecule has 0 saturated carbocycles. The summed E-state index contributed by atoms with van der Waals surface area (Å²) in [5, 5.41) is 0. The van der Waals surface area contributed by atoms with E-state index in [1.54, 1.807) is 0 Å². The maximum Gasteiger partial charge on any atom is 1.00 e. The van der Waals surface area contributed by atoms with Crippen LogP contribution in [0.4, 0.5) is 0 Å². The van der Waals surface area contributed by atoms with E-state index in [9.17, 15) is 8.42 Å². The maximum atomic E-state index is 9.62. The summed E-state index contributed by atoms with van der Waals surface area (Å²) in [4.78, 5) is 0. The molecule has 0 atom stereocenters. The van der Waals surface area contributed by atoms with Crippen molar-refractivity contribution in [3.63, 3.8) is 0 Å². The van der Waals surface area contributed by atoms with E-state index in [4.69, 9.17) is 4.55 Å². The van der Waals surface area contributed by atoms with E-state index in [-0.39, 0.29) is 57.9 Å². The Morgan fingerprint density at radius 2 is 2.00 bits per heavy atom. The summed E-state index contributed by atoms with van der Waals surface area (Å²) >= 11 is 0. The second-order valence-corrected chi connectivity index (χ2v) is 2.05. The Bertz CT molecular complexity index is 130. The molecule has 0 aliphatic heterocycles. The van der Waals surface area contributed by atoms with Crippen LogP contribution in [0.3, 0.4) is 0 Å². The summed E-state index contributed by atoms with van der Waals surface area (Å²) in [6.07, 6.45) is 0. The number of hydrogen-bond acceptors (Lipinski definition) is 2. The molecule has 0 amide bonds. The molecule has 0 aromatic rings. The van der Waals surface area contributed by atoms with Gasteiger partial charge in [-0.1, -0.05) is 6.92 Å². The van der Waals surface area contributed by atoms with Crippen molar-refractivity contribution in [2.24, 2.45) is 0 Å². The van der Waals surface area contributed by atoms with Gasteiger partial charge in [-0.05, 0) is 0 Å². The average molecular weight is 163 g/mol. The molecule has 6 heteroatoms. The van der Waals surface area contributed by atoms with Gasteiger partial charge in [-0.2, -0.15) is 0 Å². The van der Waals surface area contributed by atoms with Crippen LogP contribution in [0.25, 0.3) is 4.72 Å². The van der Waals surface area contributed by atoms with Gasteiger partial charge >= 0.3 is 51.4 Å². The summed E-state index contributed by atoms with van der Waals surface area (Å²) in [7, 11) is -4.05. The van der Waals surface area contributed by atoms with E-state index in [0.717, 1.165) is 0 Å². The molecule has 0 heterocycles. The van der Waals surface area contributed by atoms with E-state index in [0.29, 0.717) is 0 Å². The first-order valence-corrected chi connectivity index (χ1v) is 3.12. The first-order chi connectivity index (χ1) is 3.06. The average Bonchev–Trinajstić information content (AvgIpc) is 1.30. The van der Waals surface area contributed by atoms with Gasteiger partial charge in [-0.3, -0.25) is 4.55 Å². The Morgan fingerprint density at radius 1 is 1.62 bits per heavy atom. The molecule has 44 valence electrons. The van der Waals surface area contributed by atoms with Crippen LogP contribution in [0.5, 0.6) is 0 Å². The van der Waals surface area contributed by atoms with E-state index in [1.165, 1.54) is 6.92 Å². The van der Waals surface area contributed by atoms with Crippen molar-refractivity contribution in [2.45, 2.75) is 6.92 Å². The summed E-state index contributed by atoms with van der Waals surface area (Å²) < 4.78 is 29.8. The van der Waals surface area contributed by atoms with Gasteiger partial charge in [0.05, 0.1) is 0 Å². The molecular weight excluding hydrogens is 157 g/mol. The predicted molar refractivity (Wildman–Crippen MR) is 25.4 cm³/mol. The van der Waals surface area contributed by atoms with Gasteiger partial charge in [-0.15, -0.1) is 6.54 Å². The van der Waals surface area contributed by atoms with Crippen molar-refractivity contribution in [3.05, 3.63) is 4.72 Å². The first kappa shape index (κ1) is 12.2. The van der Waals surface area contributed by atoms with Crippen molar-refractivity contribution in [3.8, 4) is 0 Å². The van der Waals surface area contributed by atoms with Crippen LogP contribution < -0.4 is 51.4 Å². The molecule has 0 aromatic carbocycles. The van der Waals surface area contributed by atoms with Crippen LogP contribution in [-0.2, 0) is 10.3 Å². The van der Waals surface area contributed by atoms with Crippen LogP contribution in [-0.4, -0.2) is 19.5 Å². The fourth-order valence-electron chi connectivity index (χ4n) is 0.163. The zero-order chi connectivity index (χ0) is 5.91. The van der Waals surface area contributed by atoms with Gasteiger partial charge in [0.1, 0.15) is 0 Å². The van der Waals surface area contributed by atoms with E-state index >= 15 is 0 Å². The SMILES string of the molecule is CC[N-]S(=O)(=O)O.[K+]. The van der Waals surface area contributed by atoms with Gasteiger partial charge < -0.3 is 4.72 Å². The fourth-order valence-corrected chi connectivity index (χ4v) is 0.489. The minimum atomic E-state index is -4.05. The zero-order valence-electron chi connectivity index (χ0n) is 4.83. The van der Waals surface area contributed by atoms with E-state index in [1.807, 2.05) is 0 Å². The van der Waals surface area contributed by atoms with E-state index < -0.39 is 10.3 Å². The number of rotatable bonds is 2. The zero-order valence-corrected chi connectivity index (χ0v) is 8.77. The number of hydrogen-bond donors (Lipinski definition) is 1. The van der Waals surface area contributed by atoms with Crippen LogP contribution >= 0.6 is 0 Å². The normalized spacial score (nSPS) is 10.2. The monoisotopic (exact) mass is 163 g/mol. The molecule has 0 spiro atoms. The maximum absolute atomic E-state index is 9.62. The van der Waals surface area contributed by atoms with Gasteiger partial charge in [0, 0.05) is 0 Å². The smallest absolute Gasteiger partial charge is 0.525 e. The summed E-state index contributed by atoms with van der Waals surface area (Å²) in [6.45, 7) is 1.62. The molecule has 0 saturated heterocycles. The minimum Gasteiger partial charge on any atom is -0.525 e. The number of nitrogens with zero attached hydrogens (tertiary/aromatic N) is 1. The third-order valence-electron chi connectivity index (χ3n) is 0.292. The Balaban J connectivity index is 0. The summed E-state index contributed by atoms with van der Waals surface area (Å²) in [5.74, 6) is 0. The van der Waals surface area contributed by atoms with Crippen molar-refractivity contribution in [1.29, 1.82) is 0 Å². The standard InChI is InChI=1S/C2H6NO3S.K/c1-2-3-7(4,5)6;/h2H2,1H3,(H,4,5,6);/q-1;+1. The second-order valence-electron chi connectivity index (χ2n) is 0.893. The summed E-state index contributed by atoms with van der Waals surface area (Å²) in [6, 6.07) is 0. The molecule has 0 fully saturated rings. The Kier molecular flexibility index (Phi) is 8.09. The molecular formula is C2H6KNO3S. The Labute approximate surface area is 91.3 Å². The van der Waals surface area contributed by atoms with Gasteiger partial charge in [0.15, 0.2) is 10.3 Å². The molecule has 4 nitrogen and oxygen atoms in total. The molecule has 0 aliphatic rings. The minimum absolute atomic E-state index is 0. The van der Waals surface area contributed by atoms with Crippen molar-refractivity contribution in [1.82, 2.24) is 0 Å². The van der Waals surface area contributed by atoms with Gasteiger partial charge in [-0.25, -0.2) is 8.42 Å². The molecule has 0 rings (SSSR count). The molecule has 0 bridgehead atoms. The van der Waals surface area contributed by atoms with Crippen molar-refractivity contribution < 1.29 is 64.4 Å². The molecule has 8 heavy (non-hydrogen) atoms. The topological polar surface area (TPSA) is 68.5 Å². The molecule has 0 aliphatic carbocycles. The Morgan fingerprint density at radius 3 is 2.00 bits per heavy atom.